The van der Waals surface area contributed by atoms with Crippen LogP contribution in [0.15, 0.2) is 35.6 Å². The maximum Gasteiger partial charge on any atom is 0.410 e. The molecule has 0 saturated carbocycles. The third kappa shape index (κ3) is 5.89. The molecule has 3 N–H and O–H groups in total. The van der Waals surface area contributed by atoms with Crippen LogP contribution in [0.1, 0.15) is 52.9 Å². The first kappa shape index (κ1) is 24.9. The summed E-state index contributed by atoms with van der Waals surface area (Å²) in [6, 6.07) is 6.92. The highest BCUT2D eigenvalue weighted by molar-refractivity contribution is 6.24. The van der Waals surface area contributed by atoms with E-state index in [1.165, 1.54) is 19.3 Å². The standard InChI is InChI=1S/C26H36N4O5/c1-26(2,3)35-25(34)30-15-11-17(12-16-30)21-22(31)20(24(33)28-21)23(32)27-18-7-9-19(10-8-18)29-13-5-4-6-14-29/h7-10,17,21,31H,4-6,11-16H2,1-3H3,(H,27,32)(H,28,33). The lowest BCUT2D eigenvalue weighted by atomic mass is 9.88. The van der Waals surface area contributed by atoms with Gasteiger partial charge in [0.15, 0.2) is 0 Å². The molecule has 1 unspecified atom stereocenters. The number of carbonyl (C=O) groups is 3. The number of hydrogen-bond donors (Lipinski definition) is 3. The van der Waals surface area contributed by atoms with Crippen LogP contribution in [-0.2, 0) is 14.3 Å². The molecule has 2 fully saturated rings. The lowest BCUT2D eigenvalue weighted by Crippen LogP contribution is -2.46. The maximum atomic E-state index is 12.9. The molecule has 35 heavy (non-hydrogen) atoms. The Balaban J connectivity index is 1.35. The number of likely N-dealkylation sites (tertiary alicyclic amines) is 1. The minimum absolute atomic E-state index is 0.0771. The number of rotatable bonds is 4. The SMILES string of the molecule is CC(C)(C)OC(=O)N1CCC(C2NC(=O)C(C(=O)Nc3ccc(N4CCCCC4)cc3)=C2O)CC1. The summed E-state index contributed by atoms with van der Waals surface area (Å²) in [5.41, 5.74) is 0.869. The molecular formula is C26H36N4O5. The van der Waals surface area contributed by atoms with Gasteiger partial charge in [0.05, 0.1) is 6.04 Å². The van der Waals surface area contributed by atoms with Gasteiger partial charge in [-0.2, -0.15) is 0 Å². The van der Waals surface area contributed by atoms with Crippen molar-refractivity contribution in [3.05, 3.63) is 35.6 Å². The summed E-state index contributed by atoms with van der Waals surface area (Å²) in [5, 5.41) is 16.3. The quantitative estimate of drug-likeness (QED) is 0.564. The fourth-order valence-electron chi connectivity index (χ4n) is 4.96. The molecule has 3 heterocycles. The molecule has 3 aliphatic rings. The van der Waals surface area contributed by atoms with Crippen molar-refractivity contribution in [3.8, 4) is 0 Å². The van der Waals surface area contributed by atoms with Crippen LogP contribution in [0.5, 0.6) is 0 Å². The van der Waals surface area contributed by atoms with Crippen LogP contribution in [-0.4, -0.2) is 65.7 Å². The lowest BCUT2D eigenvalue weighted by Gasteiger charge is -2.35. The molecule has 1 atom stereocenters. The summed E-state index contributed by atoms with van der Waals surface area (Å²) < 4.78 is 5.43. The number of anilines is 2. The van der Waals surface area contributed by atoms with Gasteiger partial charge >= 0.3 is 6.09 Å². The average Bonchev–Trinajstić information content (AvgIpc) is 3.13. The molecule has 0 aromatic heterocycles. The maximum absolute atomic E-state index is 12.9. The number of nitrogens with zero attached hydrogens (tertiary/aromatic N) is 2. The molecule has 9 heteroatoms. The van der Waals surface area contributed by atoms with Crippen molar-refractivity contribution in [1.29, 1.82) is 0 Å². The van der Waals surface area contributed by atoms with Gasteiger partial charge in [0.2, 0.25) is 0 Å². The predicted molar refractivity (Wildman–Crippen MR) is 133 cm³/mol. The van der Waals surface area contributed by atoms with Crippen molar-refractivity contribution in [1.82, 2.24) is 10.2 Å². The summed E-state index contributed by atoms with van der Waals surface area (Å²) in [4.78, 5) is 41.7. The molecule has 0 bridgehead atoms. The third-order valence-corrected chi connectivity index (χ3v) is 6.80. The van der Waals surface area contributed by atoms with Crippen LogP contribution in [0.25, 0.3) is 0 Å². The Kier molecular flexibility index (Phi) is 7.23. The Morgan fingerprint density at radius 3 is 2.26 bits per heavy atom. The van der Waals surface area contributed by atoms with Gasteiger partial charge in [-0.25, -0.2) is 4.79 Å². The van der Waals surface area contributed by atoms with E-state index in [-0.39, 0.29) is 23.3 Å². The van der Waals surface area contributed by atoms with Crippen molar-refractivity contribution in [3.63, 3.8) is 0 Å². The third-order valence-electron chi connectivity index (χ3n) is 6.80. The summed E-state index contributed by atoms with van der Waals surface area (Å²) in [6.07, 6.45) is 4.43. The smallest absolute Gasteiger partial charge is 0.410 e. The Morgan fingerprint density at radius 2 is 1.66 bits per heavy atom. The second-order valence-corrected chi connectivity index (χ2v) is 10.6. The number of carbonyl (C=O) groups excluding carboxylic acids is 3. The summed E-state index contributed by atoms with van der Waals surface area (Å²) >= 11 is 0. The zero-order valence-electron chi connectivity index (χ0n) is 20.8. The van der Waals surface area contributed by atoms with E-state index >= 15 is 0 Å². The lowest BCUT2D eigenvalue weighted by molar-refractivity contribution is -0.121. The van der Waals surface area contributed by atoms with E-state index in [1.54, 1.807) is 4.90 Å². The zero-order valence-corrected chi connectivity index (χ0v) is 20.8. The molecular weight excluding hydrogens is 448 g/mol. The predicted octanol–water partition coefficient (Wildman–Crippen LogP) is 3.57. The number of aliphatic hydroxyl groups excluding tert-OH is 1. The molecule has 0 aliphatic carbocycles. The second kappa shape index (κ2) is 10.2. The fraction of sp³-hybridized carbons (Fsp3) is 0.577. The molecule has 9 nitrogen and oxygen atoms in total. The summed E-state index contributed by atoms with van der Waals surface area (Å²) in [5.74, 6) is -1.51. The minimum Gasteiger partial charge on any atom is -0.509 e. The number of benzene rings is 1. The van der Waals surface area contributed by atoms with Gasteiger partial charge in [0, 0.05) is 37.6 Å². The Labute approximate surface area is 206 Å². The van der Waals surface area contributed by atoms with Gasteiger partial charge in [-0.05, 0) is 83.1 Å². The van der Waals surface area contributed by atoms with Crippen molar-refractivity contribution in [2.45, 2.75) is 64.5 Å². The molecule has 190 valence electrons. The van der Waals surface area contributed by atoms with Crippen LogP contribution in [0, 0.1) is 5.92 Å². The van der Waals surface area contributed by atoms with Gasteiger partial charge in [-0.15, -0.1) is 0 Å². The van der Waals surface area contributed by atoms with Gasteiger partial charge in [0.25, 0.3) is 11.8 Å². The number of ether oxygens (including phenoxy) is 1. The van der Waals surface area contributed by atoms with Gasteiger partial charge in [-0.3, -0.25) is 9.59 Å². The second-order valence-electron chi connectivity index (χ2n) is 10.6. The first-order valence-electron chi connectivity index (χ1n) is 12.5. The van der Waals surface area contributed by atoms with E-state index in [0.717, 1.165) is 18.8 Å². The number of nitrogens with one attached hydrogen (secondary N) is 2. The van der Waals surface area contributed by atoms with E-state index in [2.05, 4.69) is 15.5 Å². The Morgan fingerprint density at radius 1 is 1.03 bits per heavy atom. The van der Waals surface area contributed by atoms with E-state index in [0.29, 0.717) is 31.6 Å². The molecule has 3 aliphatic heterocycles. The van der Waals surface area contributed by atoms with E-state index in [1.807, 2.05) is 45.0 Å². The monoisotopic (exact) mass is 484 g/mol. The molecule has 0 radical (unpaired) electrons. The summed E-state index contributed by atoms with van der Waals surface area (Å²) in [6.45, 7) is 8.46. The number of amides is 3. The molecule has 3 amide bonds. The molecule has 1 aromatic rings. The van der Waals surface area contributed by atoms with E-state index in [4.69, 9.17) is 4.74 Å². The van der Waals surface area contributed by atoms with Crippen LogP contribution < -0.4 is 15.5 Å². The van der Waals surface area contributed by atoms with Crippen molar-refractivity contribution in [2.24, 2.45) is 5.92 Å². The average molecular weight is 485 g/mol. The first-order valence-corrected chi connectivity index (χ1v) is 12.5. The largest absolute Gasteiger partial charge is 0.509 e. The first-order chi connectivity index (χ1) is 16.6. The minimum atomic E-state index is -0.634. The van der Waals surface area contributed by atoms with E-state index < -0.39 is 23.5 Å². The van der Waals surface area contributed by atoms with Crippen LogP contribution >= 0.6 is 0 Å². The van der Waals surface area contributed by atoms with Crippen molar-refractivity contribution in [2.75, 3.05) is 36.4 Å². The highest BCUT2D eigenvalue weighted by Crippen LogP contribution is 2.30. The Bertz CT molecular complexity index is 984. The number of aliphatic hydroxyl groups is 1. The number of hydrogen-bond acceptors (Lipinski definition) is 6. The van der Waals surface area contributed by atoms with Gasteiger partial charge in [0.1, 0.15) is 16.9 Å². The zero-order chi connectivity index (χ0) is 25.2. The highest BCUT2D eigenvalue weighted by atomic mass is 16.6. The van der Waals surface area contributed by atoms with Crippen molar-refractivity contribution >= 4 is 29.3 Å². The summed E-state index contributed by atoms with van der Waals surface area (Å²) in [7, 11) is 0. The molecule has 2 saturated heterocycles. The van der Waals surface area contributed by atoms with Crippen molar-refractivity contribution < 1.29 is 24.2 Å². The normalized spacial score (nSPS) is 21.7. The fourth-order valence-corrected chi connectivity index (χ4v) is 4.96. The molecule has 4 rings (SSSR count). The van der Waals surface area contributed by atoms with Crippen LogP contribution in [0.3, 0.4) is 0 Å². The number of piperidine rings is 2. The highest BCUT2D eigenvalue weighted by Gasteiger charge is 2.41. The topological polar surface area (TPSA) is 111 Å². The molecule has 1 aromatic carbocycles. The Hall–Kier alpha value is -3.23. The van der Waals surface area contributed by atoms with E-state index in [9.17, 15) is 19.5 Å². The van der Waals surface area contributed by atoms with Gasteiger partial charge < -0.3 is 30.3 Å². The van der Waals surface area contributed by atoms with Gasteiger partial charge in [-0.1, -0.05) is 0 Å². The van der Waals surface area contributed by atoms with Crippen LogP contribution in [0.2, 0.25) is 0 Å². The molecule has 0 spiro atoms. The van der Waals surface area contributed by atoms with Crippen LogP contribution in [0.4, 0.5) is 16.2 Å².